The van der Waals surface area contributed by atoms with Crippen molar-refractivity contribution in [3.05, 3.63) is 0 Å². The van der Waals surface area contributed by atoms with E-state index in [0.717, 1.165) is 6.92 Å². The zero-order valence-electron chi connectivity index (χ0n) is 4.77. The maximum atomic E-state index is 11.5. The van der Waals surface area contributed by atoms with Gasteiger partial charge in [-0.3, -0.25) is 0 Å². The van der Waals surface area contributed by atoms with Crippen molar-refractivity contribution in [2.75, 3.05) is 0 Å². The number of carboxylic acid groups (broad SMARTS) is 1. The molecule has 0 aliphatic heterocycles. The van der Waals surface area contributed by atoms with Crippen molar-refractivity contribution < 1.29 is 18.7 Å². The maximum absolute atomic E-state index is 11.5. The van der Waals surface area contributed by atoms with E-state index in [4.69, 9.17) is 5.11 Å². The monoisotopic (exact) mass is 139 g/mol. The zero-order valence-corrected chi connectivity index (χ0v) is 4.77. The SMILES string of the molecule is C[C@H](NC(=O)O)C(F)F. The molecule has 0 saturated carbocycles. The lowest BCUT2D eigenvalue weighted by molar-refractivity contribution is 0.102. The van der Waals surface area contributed by atoms with Crippen LogP contribution in [-0.2, 0) is 0 Å². The highest BCUT2D eigenvalue weighted by Crippen LogP contribution is 1.97. The van der Waals surface area contributed by atoms with E-state index >= 15 is 0 Å². The van der Waals surface area contributed by atoms with Crippen molar-refractivity contribution in [1.82, 2.24) is 5.32 Å². The smallest absolute Gasteiger partial charge is 0.405 e. The average Bonchev–Trinajstić information content (AvgIpc) is 1.63. The van der Waals surface area contributed by atoms with E-state index in [9.17, 15) is 13.6 Å². The molecular formula is C4H7F2NO2. The quantitative estimate of drug-likeness (QED) is 0.597. The Balaban J connectivity index is 3.50. The fourth-order valence-electron chi connectivity index (χ4n) is 0.258. The molecule has 0 radical (unpaired) electrons. The predicted octanol–water partition coefficient (Wildman–Crippen LogP) is 0.908. The minimum absolute atomic E-state index is 1.10. The van der Waals surface area contributed by atoms with Gasteiger partial charge in [0.25, 0.3) is 6.43 Å². The maximum Gasteiger partial charge on any atom is 0.405 e. The molecule has 1 atom stereocenters. The summed E-state index contributed by atoms with van der Waals surface area (Å²) in [4.78, 5) is 9.67. The van der Waals surface area contributed by atoms with Crippen LogP contribution in [0.1, 0.15) is 6.92 Å². The summed E-state index contributed by atoms with van der Waals surface area (Å²) in [6.45, 7) is 1.10. The molecule has 0 aromatic carbocycles. The van der Waals surface area contributed by atoms with Gasteiger partial charge < -0.3 is 10.4 Å². The van der Waals surface area contributed by atoms with Crippen molar-refractivity contribution >= 4 is 6.09 Å². The van der Waals surface area contributed by atoms with Gasteiger partial charge in [-0.25, -0.2) is 13.6 Å². The number of alkyl halides is 2. The molecular weight excluding hydrogens is 132 g/mol. The Hall–Kier alpha value is -0.870. The average molecular weight is 139 g/mol. The van der Waals surface area contributed by atoms with E-state index in [0.29, 0.717) is 0 Å². The van der Waals surface area contributed by atoms with Crippen molar-refractivity contribution in [1.29, 1.82) is 0 Å². The summed E-state index contributed by atoms with van der Waals surface area (Å²) in [7, 11) is 0. The molecule has 0 aliphatic rings. The Kier molecular flexibility index (Phi) is 2.90. The van der Waals surface area contributed by atoms with Crippen molar-refractivity contribution in [3.63, 3.8) is 0 Å². The van der Waals surface area contributed by atoms with Crippen LogP contribution < -0.4 is 5.32 Å². The number of carbonyl (C=O) groups is 1. The van der Waals surface area contributed by atoms with Gasteiger partial charge in [-0.05, 0) is 6.92 Å². The zero-order chi connectivity index (χ0) is 7.44. The molecule has 5 heteroatoms. The highest BCUT2D eigenvalue weighted by molar-refractivity contribution is 5.64. The molecule has 3 nitrogen and oxygen atoms in total. The van der Waals surface area contributed by atoms with Crippen LogP contribution in [0.4, 0.5) is 13.6 Å². The Morgan fingerprint density at radius 1 is 1.67 bits per heavy atom. The summed E-state index contributed by atoms with van der Waals surface area (Å²) >= 11 is 0. The standard InChI is InChI=1S/C4H7F2NO2/c1-2(3(5)6)7-4(8)9/h2-3,7H,1H3,(H,8,9)/t2-/m0/s1. The first-order chi connectivity index (χ1) is 4.04. The fraction of sp³-hybridized carbons (Fsp3) is 0.750. The van der Waals surface area contributed by atoms with Gasteiger partial charge in [-0.2, -0.15) is 0 Å². The second kappa shape index (κ2) is 3.21. The number of halogens is 2. The second-order valence-corrected chi connectivity index (χ2v) is 1.57. The molecule has 1 amide bonds. The molecule has 0 aliphatic carbocycles. The summed E-state index contributed by atoms with van der Waals surface area (Å²) in [6.07, 6.45) is -4.07. The number of hydrogen-bond donors (Lipinski definition) is 2. The Labute approximate surface area is 50.7 Å². The van der Waals surface area contributed by atoms with E-state index in [1.165, 1.54) is 0 Å². The first kappa shape index (κ1) is 8.13. The van der Waals surface area contributed by atoms with Crippen LogP contribution in [0.5, 0.6) is 0 Å². The summed E-state index contributed by atoms with van der Waals surface area (Å²) in [6, 6.07) is -1.29. The summed E-state index contributed by atoms with van der Waals surface area (Å²) in [5, 5.41) is 9.50. The Bertz CT molecular complexity index is 107. The highest BCUT2D eigenvalue weighted by Gasteiger charge is 2.15. The second-order valence-electron chi connectivity index (χ2n) is 1.57. The number of amides is 1. The van der Waals surface area contributed by atoms with Crippen LogP contribution in [0.25, 0.3) is 0 Å². The lowest BCUT2D eigenvalue weighted by Crippen LogP contribution is -2.36. The Morgan fingerprint density at radius 2 is 2.11 bits per heavy atom. The summed E-state index contributed by atoms with van der Waals surface area (Å²) in [5.74, 6) is 0. The van der Waals surface area contributed by atoms with Gasteiger partial charge in [0, 0.05) is 0 Å². The molecule has 0 heterocycles. The number of hydrogen-bond acceptors (Lipinski definition) is 1. The van der Waals surface area contributed by atoms with Crippen LogP contribution in [0.2, 0.25) is 0 Å². The largest absolute Gasteiger partial charge is 0.465 e. The molecule has 0 spiro atoms. The van der Waals surface area contributed by atoms with Gasteiger partial charge in [-0.1, -0.05) is 0 Å². The third-order valence-corrected chi connectivity index (χ3v) is 0.729. The minimum atomic E-state index is -2.64. The van der Waals surface area contributed by atoms with Crippen molar-refractivity contribution in [2.24, 2.45) is 0 Å². The van der Waals surface area contributed by atoms with E-state index in [1.807, 2.05) is 0 Å². The molecule has 0 bridgehead atoms. The van der Waals surface area contributed by atoms with E-state index in [1.54, 1.807) is 5.32 Å². The van der Waals surface area contributed by atoms with Crippen LogP contribution in [-0.4, -0.2) is 23.7 Å². The summed E-state index contributed by atoms with van der Waals surface area (Å²) < 4.78 is 22.9. The van der Waals surface area contributed by atoms with E-state index in [2.05, 4.69) is 0 Å². The van der Waals surface area contributed by atoms with Gasteiger partial charge in [0.2, 0.25) is 0 Å². The third-order valence-electron chi connectivity index (χ3n) is 0.729. The molecule has 0 aromatic rings. The number of nitrogens with one attached hydrogen (secondary N) is 1. The normalized spacial score (nSPS) is 13.3. The molecule has 0 saturated heterocycles. The van der Waals surface area contributed by atoms with E-state index in [-0.39, 0.29) is 0 Å². The van der Waals surface area contributed by atoms with Gasteiger partial charge in [0.05, 0.1) is 6.04 Å². The molecule has 9 heavy (non-hydrogen) atoms. The van der Waals surface area contributed by atoms with Crippen LogP contribution in [0, 0.1) is 0 Å². The minimum Gasteiger partial charge on any atom is -0.465 e. The molecule has 0 unspecified atom stereocenters. The lowest BCUT2D eigenvalue weighted by Gasteiger charge is -2.07. The first-order valence-electron chi connectivity index (χ1n) is 2.31. The van der Waals surface area contributed by atoms with Gasteiger partial charge in [0.15, 0.2) is 0 Å². The molecule has 54 valence electrons. The van der Waals surface area contributed by atoms with Crippen LogP contribution in [0.3, 0.4) is 0 Å². The number of rotatable bonds is 2. The Morgan fingerprint density at radius 3 is 2.22 bits per heavy atom. The van der Waals surface area contributed by atoms with E-state index < -0.39 is 18.6 Å². The van der Waals surface area contributed by atoms with Gasteiger partial charge in [0.1, 0.15) is 0 Å². The fourth-order valence-corrected chi connectivity index (χ4v) is 0.258. The lowest BCUT2D eigenvalue weighted by atomic mass is 10.4. The molecule has 2 N–H and O–H groups in total. The summed E-state index contributed by atoms with van der Waals surface area (Å²) in [5.41, 5.74) is 0. The molecule has 0 aromatic heterocycles. The predicted molar refractivity (Wildman–Crippen MR) is 26.6 cm³/mol. The first-order valence-corrected chi connectivity index (χ1v) is 2.31. The highest BCUT2D eigenvalue weighted by atomic mass is 19.3. The van der Waals surface area contributed by atoms with Crippen molar-refractivity contribution in [2.45, 2.75) is 19.4 Å². The van der Waals surface area contributed by atoms with Crippen molar-refractivity contribution in [3.8, 4) is 0 Å². The van der Waals surface area contributed by atoms with Crippen LogP contribution in [0.15, 0.2) is 0 Å². The topological polar surface area (TPSA) is 49.3 Å². The van der Waals surface area contributed by atoms with Crippen LogP contribution >= 0.6 is 0 Å². The van der Waals surface area contributed by atoms with Gasteiger partial charge >= 0.3 is 6.09 Å². The molecule has 0 fully saturated rings. The third kappa shape index (κ3) is 3.69. The van der Waals surface area contributed by atoms with Gasteiger partial charge in [-0.15, -0.1) is 0 Å². The molecule has 0 rings (SSSR count).